The van der Waals surface area contributed by atoms with E-state index in [2.05, 4.69) is 10.3 Å². The van der Waals surface area contributed by atoms with Gasteiger partial charge in [0.25, 0.3) is 0 Å². The summed E-state index contributed by atoms with van der Waals surface area (Å²) in [7, 11) is 1.49. The molecule has 0 saturated carbocycles. The van der Waals surface area contributed by atoms with E-state index in [1.807, 2.05) is 0 Å². The smallest absolute Gasteiger partial charge is 0.241 e. The lowest BCUT2D eigenvalue weighted by atomic mass is 10.3. The minimum absolute atomic E-state index is 0.267. The molecule has 0 aliphatic heterocycles. The fourth-order valence-electron chi connectivity index (χ4n) is 0.895. The number of methoxy groups -OCH3 is 1. The first-order valence-electron chi connectivity index (χ1n) is 4.20. The molecule has 0 fully saturated rings. The van der Waals surface area contributed by atoms with Crippen LogP contribution in [0.1, 0.15) is 6.92 Å². The Morgan fingerprint density at radius 2 is 2.43 bits per heavy atom. The zero-order chi connectivity index (χ0) is 10.6. The molecule has 0 aliphatic rings. The number of anilines is 1. The highest BCUT2D eigenvalue weighted by Gasteiger charge is 2.10. The lowest BCUT2D eigenvalue weighted by Gasteiger charge is -2.09. The number of nitrogens with one attached hydrogen (secondary N) is 1. The lowest BCUT2D eigenvalue weighted by molar-refractivity contribution is -0.117. The summed E-state index contributed by atoms with van der Waals surface area (Å²) in [4.78, 5) is 15.2. The number of hydrogen-bond acceptors (Lipinski definition) is 4. The molecule has 1 unspecified atom stereocenters. The van der Waals surface area contributed by atoms with Crippen molar-refractivity contribution in [1.29, 1.82) is 0 Å². The maximum Gasteiger partial charge on any atom is 0.241 e. The van der Waals surface area contributed by atoms with Gasteiger partial charge >= 0.3 is 0 Å². The standard InChI is InChI=1S/C9H13N3O2/c1-6(10)8(13)12-7-4-3-5-11-9(7)14-2/h3-6H,10H2,1-2H3,(H,12,13). The predicted molar refractivity (Wildman–Crippen MR) is 53.1 cm³/mol. The van der Waals surface area contributed by atoms with Crippen molar-refractivity contribution in [3.63, 3.8) is 0 Å². The molecule has 1 aromatic heterocycles. The zero-order valence-electron chi connectivity index (χ0n) is 8.15. The molecule has 1 amide bonds. The van der Waals surface area contributed by atoms with Crippen molar-refractivity contribution in [2.75, 3.05) is 12.4 Å². The van der Waals surface area contributed by atoms with Crippen molar-refractivity contribution < 1.29 is 9.53 Å². The maximum absolute atomic E-state index is 11.3. The van der Waals surface area contributed by atoms with E-state index in [9.17, 15) is 4.79 Å². The van der Waals surface area contributed by atoms with Gasteiger partial charge in [-0.1, -0.05) is 0 Å². The minimum Gasteiger partial charge on any atom is -0.480 e. The molecule has 0 radical (unpaired) electrons. The van der Waals surface area contributed by atoms with E-state index in [1.165, 1.54) is 7.11 Å². The van der Waals surface area contributed by atoms with Crippen LogP contribution in [-0.4, -0.2) is 24.0 Å². The molecule has 1 rings (SSSR count). The predicted octanol–water partition coefficient (Wildman–Crippen LogP) is 0.376. The Kier molecular flexibility index (Phi) is 3.41. The second-order valence-corrected chi connectivity index (χ2v) is 2.84. The summed E-state index contributed by atoms with van der Waals surface area (Å²) in [5.41, 5.74) is 5.93. The van der Waals surface area contributed by atoms with Crippen LogP contribution in [0.25, 0.3) is 0 Å². The summed E-state index contributed by atoms with van der Waals surface area (Å²) >= 11 is 0. The Balaban J connectivity index is 2.80. The molecule has 0 aliphatic carbocycles. The van der Waals surface area contributed by atoms with Gasteiger partial charge in [0.2, 0.25) is 11.8 Å². The van der Waals surface area contributed by atoms with Gasteiger partial charge in [-0.2, -0.15) is 0 Å². The molecule has 0 aromatic carbocycles. The molecule has 76 valence electrons. The fourth-order valence-corrected chi connectivity index (χ4v) is 0.895. The van der Waals surface area contributed by atoms with E-state index in [-0.39, 0.29) is 5.91 Å². The van der Waals surface area contributed by atoms with Crippen LogP contribution in [0.2, 0.25) is 0 Å². The van der Waals surface area contributed by atoms with Crippen molar-refractivity contribution >= 4 is 11.6 Å². The highest BCUT2D eigenvalue weighted by atomic mass is 16.5. The lowest BCUT2D eigenvalue weighted by Crippen LogP contribution is -2.32. The third kappa shape index (κ3) is 2.43. The fraction of sp³-hybridized carbons (Fsp3) is 0.333. The van der Waals surface area contributed by atoms with Crippen LogP contribution in [0.3, 0.4) is 0 Å². The highest BCUT2D eigenvalue weighted by Crippen LogP contribution is 2.19. The molecule has 0 spiro atoms. The van der Waals surface area contributed by atoms with Crippen LogP contribution in [0.15, 0.2) is 18.3 Å². The summed E-state index contributed by atoms with van der Waals surface area (Å²) in [5.74, 6) is 0.109. The average Bonchev–Trinajstić information content (AvgIpc) is 2.18. The van der Waals surface area contributed by atoms with E-state index in [1.54, 1.807) is 25.3 Å². The summed E-state index contributed by atoms with van der Waals surface area (Å²) < 4.78 is 4.96. The summed E-state index contributed by atoms with van der Waals surface area (Å²) in [6.45, 7) is 1.61. The molecular formula is C9H13N3O2. The number of ether oxygens (including phenoxy) is 1. The van der Waals surface area contributed by atoms with Crippen LogP contribution in [0.4, 0.5) is 5.69 Å². The number of pyridine rings is 1. The van der Waals surface area contributed by atoms with Crippen LogP contribution in [-0.2, 0) is 4.79 Å². The van der Waals surface area contributed by atoms with Gasteiger partial charge in [0.15, 0.2) is 0 Å². The molecule has 1 atom stereocenters. The van der Waals surface area contributed by atoms with Gasteiger partial charge in [0.1, 0.15) is 5.69 Å². The zero-order valence-corrected chi connectivity index (χ0v) is 8.15. The number of carbonyl (C=O) groups is 1. The SMILES string of the molecule is COc1ncccc1NC(=O)C(C)N. The maximum atomic E-state index is 11.3. The minimum atomic E-state index is -0.556. The van der Waals surface area contributed by atoms with Crippen molar-refractivity contribution in [3.05, 3.63) is 18.3 Å². The van der Waals surface area contributed by atoms with E-state index in [0.717, 1.165) is 0 Å². The average molecular weight is 195 g/mol. The molecule has 5 heteroatoms. The number of amides is 1. The third-order valence-corrected chi connectivity index (χ3v) is 1.64. The number of aromatic nitrogens is 1. The number of carbonyl (C=O) groups excluding carboxylic acids is 1. The Bertz CT molecular complexity index is 326. The quantitative estimate of drug-likeness (QED) is 0.730. The Hall–Kier alpha value is -1.62. The molecule has 5 nitrogen and oxygen atoms in total. The van der Waals surface area contributed by atoms with Gasteiger partial charge in [0, 0.05) is 6.20 Å². The topological polar surface area (TPSA) is 77.2 Å². The molecule has 0 saturated heterocycles. The number of nitrogens with zero attached hydrogens (tertiary/aromatic N) is 1. The van der Waals surface area contributed by atoms with Crippen molar-refractivity contribution in [2.45, 2.75) is 13.0 Å². The van der Waals surface area contributed by atoms with Gasteiger partial charge in [-0.3, -0.25) is 4.79 Å². The summed E-state index contributed by atoms with van der Waals surface area (Å²) in [6.07, 6.45) is 1.58. The number of hydrogen-bond donors (Lipinski definition) is 2. The van der Waals surface area contributed by atoms with Crippen LogP contribution in [0.5, 0.6) is 5.88 Å². The monoisotopic (exact) mass is 195 g/mol. The molecule has 0 bridgehead atoms. The van der Waals surface area contributed by atoms with Gasteiger partial charge in [-0.05, 0) is 19.1 Å². The molecule has 1 heterocycles. The van der Waals surface area contributed by atoms with Crippen LogP contribution >= 0.6 is 0 Å². The Morgan fingerprint density at radius 3 is 3.00 bits per heavy atom. The van der Waals surface area contributed by atoms with E-state index < -0.39 is 6.04 Å². The van der Waals surface area contributed by atoms with Crippen LogP contribution in [0, 0.1) is 0 Å². The van der Waals surface area contributed by atoms with E-state index >= 15 is 0 Å². The second kappa shape index (κ2) is 4.57. The van der Waals surface area contributed by atoms with Gasteiger partial charge in [-0.15, -0.1) is 0 Å². The first kappa shape index (κ1) is 10.5. The first-order chi connectivity index (χ1) is 6.65. The molecule has 14 heavy (non-hydrogen) atoms. The van der Waals surface area contributed by atoms with E-state index in [0.29, 0.717) is 11.6 Å². The first-order valence-corrected chi connectivity index (χ1v) is 4.20. The van der Waals surface area contributed by atoms with Crippen molar-refractivity contribution in [2.24, 2.45) is 5.73 Å². The Labute approximate surface area is 82.3 Å². The van der Waals surface area contributed by atoms with E-state index in [4.69, 9.17) is 10.5 Å². The molecular weight excluding hydrogens is 182 g/mol. The molecule has 3 N–H and O–H groups in total. The van der Waals surface area contributed by atoms with Crippen LogP contribution < -0.4 is 15.8 Å². The van der Waals surface area contributed by atoms with Crippen molar-refractivity contribution in [1.82, 2.24) is 4.98 Å². The second-order valence-electron chi connectivity index (χ2n) is 2.84. The molecule has 1 aromatic rings. The largest absolute Gasteiger partial charge is 0.480 e. The van der Waals surface area contributed by atoms with Gasteiger partial charge in [0.05, 0.1) is 13.2 Å². The normalized spacial score (nSPS) is 11.9. The van der Waals surface area contributed by atoms with Crippen molar-refractivity contribution in [3.8, 4) is 5.88 Å². The number of nitrogens with two attached hydrogens (primary N) is 1. The highest BCUT2D eigenvalue weighted by molar-refractivity contribution is 5.95. The third-order valence-electron chi connectivity index (χ3n) is 1.64. The summed E-state index contributed by atoms with van der Waals surface area (Å²) in [5, 5.41) is 2.61. The summed E-state index contributed by atoms with van der Waals surface area (Å²) in [6, 6.07) is 2.85. The van der Waals surface area contributed by atoms with Gasteiger partial charge < -0.3 is 15.8 Å². The number of rotatable bonds is 3. The van der Waals surface area contributed by atoms with Gasteiger partial charge in [-0.25, -0.2) is 4.98 Å². The Morgan fingerprint density at radius 1 is 1.71 bits per heavy atom.